The van der Waals surface area contributed by atoms with Gasteiger partial charge in [0.15, 0.2) is 0 Å². The van der Waals surface area contributed by atoms with Gasteiger partial charge in [0.1, 0.15) is 17.7 Å². The molecule has 0 saturated heterocycles. The summed E-state index contributed by atoms with van der Waals surface area (Å²) in [5.74, 6) is 0.217. The van der Waals surface area contributed by atoms with Crippen LogP contribution in [0.3, 0.4) is 0 Å². The SMILES string of the molecule is CCOC(c1ccccc1)C(N)c1cc(F)ccc1OC. The van der Waals surface area contributed by atoms with Crippen molar-refractivity contribution in [3.05, 3.63) is 65.5 Å². The van der Waals surface area contributed by atoms with Gasteiger partial charge in [-0.15, -0.1) is 0 Å². The highest BCUT2D eigenvalue weighted by atomic mass is 19.1. The van der Waals surface area contributed by atoms with E-state index in [0.717, 1.165) is 5.56 Å². The predicted molar refractivity (Wildman–Crippen MR) is 80.7 cm³/mol. The molecule has 0 aromatic heterocycles. The van der Waals surface area contributed by atoms with Crippen LogP contribution in [0, 0.1) is 5.82 Å². The van der Waals surface area contributed by atoms with Gasteiger partial charge in [-0.05, 0) is 30.7 Å². The third kappa shape index (κ3) is 3.60. The first-order valence-electron chi connectivity index (χ1n) is 6.93. The number of hydrogen-bond donors (Lipinski definition) is 1. The second-order valence-corrected chi connectivity index (χ2v) is 4.70. The molecular weight excluding hydrogens is 269 g/mol. The van der Waals surface area contributed by atoms with E-state index in [0.29, 0.717) is 17.9 Å². The fraction of sp³-hybridized carbons (Fsp3) is 0.294. The summed E-state index contributed by atoms with van der Waals surface area (Å²) in [5.41, 5.74) is 7.88. The molecule has 0 radical (unpaired) electrons. The van der Waals surface area contributed by atoms with Gasteiger partial charge in [0.2, 0.25) is 0 Å². The first-order chi connectivity index (χ1) is 10.2. The summed E-state index contributed by atoms with van der Waals surface area (Å²) < 4.78 is 24.6. The Morgan fingerprint density at radius 1 is 1.14 bits per heavy atom. The van der Waals surface area contributed by atoms with E-state index in [-0.39, 0.29) is 11.9 Å². The van der Waals surface area contributed by atoms with Crippen molar-refractivity contribution in [1.82, 2.24) is 0 Å². The summed E-state index contributed by atoms with van der Waals surface area (Å²) in [7, 11) is 1.54. The highest BCUT2D eigenvalue weighted by Crippen LogP contribution is 2.35. The summed E-state index contributed by atoms with van der Waals surface area (Å²) in [6.07, 6.45) is -0.355. The number of hydrogen-bond acceptors (Lipinski definition) is 3. The van der Waals surface area contributed by atoms with Crippen LogP contribution in [-0.4, -0.2) is 13.7 Å². The van der Waals surface area contributed by atoms with Gasteiger partial charge >= 0.3 is 0 Å². The highest BCUT2D eigenvalue weighted by molar-refractivity contribution is 5.38. The van der Waals surface area contributed by atoms with Crippen LogP contribution in [0.5, 0.6) is 5.75 Å². The topological polar surface area (TPSA) is 44.5 Å². The summed E-state index contributed by atoms with van der Waals surface area (Å²) in [6, 6.07) is 13.5. The largest absolute Gasteiger partial charge is 0.496 e. The average molecular weight is 289 g/mol. The molecule has 0 aliphatic carbocycles. The maximum atomic E-state index is 13.5. The van der Waals surface area contributed by atoms with Crippen molar-refractivity contribution in [3.8, 4) is 5.75 Å². The lowest BCUT2D eigenvalue weighted by atomic mass is 9.95. The van der Waals surface area contributed by atoms with Crippen LogP contribution < -0.4 is 10.5 Å². The molecule has 0 fully saturated rings. The number of rotatable bonds is 6. The van der Waals surface area contributed by atoms with E-state index in [1.807, 2.05) is 37.3 Å². The second-order valence-electron chi connectivity index (χ2n) is 4.70. The molecule has 0 aliphatic heterocycles. The lowest BCUT2D eigenvalue weighted by Crippen LogP contribution is -2.23. The van der Waals surface area contributed by atoms with Crippen molar-refractivity contribution in [2.45, 2.75) is 19.1 Å². The Bertz CT molecular complexity index is 574. The summed E-state index contributed by atoms with van der Waals surface area (Å²) in [6.45, 7) is 2.43. The molecule has 0 heterocycles. The summed E-state index contributed by atoms with van der Waals surface area (Å²) >= 11 is 0. The quantitative estimate of drug-likeness (QED) is 0.883. The van der Waals surface area contributed by atoms with E-state index in [1.54, 1.807) is 13.2 Å². The molecule has 2 rings (SSSR count). The number of ether oxygens (including phenoxy) is 2. The highest BCUT2D eigenvalue weighted by Gasteiger charge is 2.24. The standard InChI is InChI=1S/C17H20FNO2/c1-3-21-17(12-7-5-4-6-8-12)16(19)14-11-13(18)9-10-15(14)20-2/h4-11,16-17H,3,19H2,1-2H3. The van der Waals surface area contributed by atoms with Gasteiger partial charge < -0.3 is 15.2 Å². The first-order valence-corrected chi connectivity index (χ1v) is 6.93. The third-order valence-corrected chi connectivity index (χ3v) is 3.35. The fourth-order valence-corrected chi connectivity index (χ4v) is 2.36. The smallest absolute Gasteiger partial charge is 0.123 e. The number of nitrogens with two attached hydrogens (primary N) is 1. The normalized spacial score (nSPS) is 13.7. The van der Waals surface area contributed by atoms with Crippen molar-refractivity contribution >= 4 is 0 Å². The molecule has 2 unspecified atom stereocenters. The molecule has 2 aromatic carbocycles. The Morgan fingerprint density at radius 3 is 2.48 bits per heavy atom. The summed E-state index contributed by atoms with van der Waals surface area (Å²) in [5, 5.41) is 0. The minimum atomic E-state index is -0.516. The van der Waals surface area contributed by atoms with Gasteiger partial charge in [-0.3, -0.25) is 0 Å². The Kier molecular flexibility index (Phi) is 5.31. The lowest BCUT2D eigenvalue weighted by molar-refractivity contribution is 0.0423. The van der Waals surface area contributed by atoms with Gasteiger partial charge in [-0.1, -0.05) is 30.3 Å². The maximum absolute atomic E-state index is 13.5. The Hall–Kier alpha value is -1.91. The summed E-state index contributed by atoms with van der Waals surface area (Å²) in [4.78, 5) is 0. The maximum Gasteiger partial charge on any atom is 0.123 e. The first kappa shape index (κ1) is 15.5. The number of methoxy groups -OCH3 is 1. The van der Waals surface area contributed by atoms with Gasteiger partial charge in [-0.2, -0.15) is 0 Å². The molecular formula is C17H20FNO2. The van der Waals surface area contributed by atoms with Crippen LogP contribution in [0.25, 0.3) is 0 Å². The number of halogens is 1. The minimum absolute atomic E-state index is 0.343. The molecule has 4 heteroatoms. The zero-order valence-electron chi connectivity index (χ0n) is 12.3. The van der Waals surface area contributed by atoms with Crippen LogP contribution in [0.2, 0.25) is 0 Å². The molecule has 0 bridgehead atoms. The molecule has 2 aromatic rings. The lowest BCUT2D eigenvalue weighted by Gasteiger charge is -2.26. The molecule has 3 nitrogen and oxygen atoms in total. The molecule has 112 valence electrons. The van der Waals surface area contributed by atoms with Crippen LogP contribution in [0.4, 0.5) is 4.39 Å². The van der Waals surface area contributed by atoms with Crippen LogP contribution in [-0.2, 0) is 4.74 Å². The van der Waals surface area contributed by atoms with Gasteiger partial charge in [0.25, 0.3) is 0 Å². The number of benzene rings is 2. The van der Waals surface area contributed by atoms with Crippen LogP contribution >= 0.6 is 0 Å². The Labute approximate surface area is 124 Å². The predicted octanol–water partition coefficient (Wildman–Crippen LogP) is 3.61. The van der Waals surface area contributed by atoms with Crippen molar-refractivity contribution in [1.29, 1.82) is 0 Å². The van der Waals surface area contributed by atoms with Crippen molar-refractivity contribution in [2.24, 2.45) is 5.73 Å². The third-order valence-electron chi connectivity index (χ3n) is 3.35. The molecule has 2 N–H and O–H groups in total. The van der Waals surface area contributed by atoms with Gasteiger partial charge in [0.05, 0.1) is 13.2 Å². The van der Waals surface area contributed by atoms with E-state index in [4.69, 9.17) is 15.2 Å². The molecule has 0 amide bonds. The van der Waals surface area contributed by atoms with Gasteiger partial charge in [0, 0.05) is 12.2 Å². The van der Waals surface area contributed by atoms with E-state index >= 15 is 0 Å². The molecule has 0 spiro atoms. The zero-order chi connectivity index (χ0) is 15.2. The van der Waals surface area contributed by atoms with Crippen molar-refractivity contribution in [2.75, 3.05) is 13.7 Å². The second kappa shape index (κ2) is 7.20. The minimum Gasteiger partial charge on any atom is -0.496 e. The van der Waals surface area contributed by atoms with Crippen LogP contribution in [0.1, 0.15) is 30.2 Å². The zero-order valence-corrected chi connectivity index (χ0v) is 12.3. The fourth-order valence-electron chi connectivity index (χ4n) is 2.36. The van der Waals surface area contributed by atoms with Crippen molar-refractivity contribution in [3.63, 3.8) is 0 Å². The Balaban J connectivity index is 2.39. The average Bonchev–Trinajstić information content (AvgIpc) is 2.52. The van der Waals surface area contributed by atoms with E-state index in [2.05, 4.69) is 0 Å². The molecule has 2 atom stereocenters. The van der Waals surface area contributed by atoms with E-state index in [1.165, 1.54) is 12.1 Å². The molecule has 21 heavy (non-hydrogen) atoms. The van der Waals surface area contributed by atoms with E-state index < -0.39 is 6.04 Å². The monoisotopic (exact) mass is 289 g/mol. The van der Waals surface area contributed by atoms with E-state index in [9.17, 15) is 4.39 Å². The van der Waals surface area contributed by atoms with Crippen LogP contribution in [0.15, 0.2) is 48.5 Å². The molecule has 0 saturated carbocycles. The van der Waals surface area contributed by atoms with Gasteiger partial charge in [-0.25, -0.2) is 4.39 Å². The molecule has 0 aliphatic rings. The van der Waals surface area contributed by atoms with Crippen molar-refractivity contribution < 1.29 is 13.9 Å². The Morgan fingerprint density at radius 2 is 1.86 bits per heavy atom.